The fourth-order valence-electron chi connectivity index (χ4n) is 2.91. The maximum atomic E-state index is 5.87. The number of ether oxygens (including phenoxy) is 2. The van der Waals surface area contributed by atoms with Crippen LogP contribution >= 0.6 is 23.5 Å². The fraction of sp³-hybridized carbons (Fsp3) is 0.455. The summed E-state index contributed by atoms with van der Waals surface area (Å²) in [4.78, 5) is 2.68. The largest absolute Gasteiger partial charge is 0.353 e. The van der Waals surface area contributed by atoms with Crippen molar-refractivity contribution in [2.75, 3.05) is 13.2 Å². The van der Waals surface area contributed by atoms with Crippen LogP contribution in [0.2, 0.25) is 0 Å². The lowest BCUT2D eigenvalue weighted by Gasteiger charge is -2.22. The van der Waals surface area contributed by atoms with Crippen LogP contribution in [0.25, 0.3) is 0 Å². The number of hydrogen-bond donors (Lipinski definition) is 0. The Labute approximate surface area is 166 Å². The zero-order valence-corrected chi connectivity index (χ0v) is 16.9. The first-order valence-corrected chi connectivity index (χ1v) is 11.3. The van der Waals surface area contributed by atoms with Gasteiger partial charge in [0, 0.05) is 23.0 Å². The molecule has 1 fully saturated rings. The molecule has 0 aromatic heterocycles. The Hall–Kier alpha value is -0.940. The molecule has 1 atom stereocenters. The number of unbranched alkanes of at least 4 members (excludes halogenated alkanes) is 1. The molecule has 1 aliphatic heterocycles. The van der Waals surface area contributed by atoms with Gasteiger partial charge >= 0.3 is 0 Å². The quantitative estimate of drug-likeness (QED) is 0.259. The summed E-state index contributed by atoms with van der Waals surface area (Å²) >= 11 is 3.93. The van der Waals surface area contributed by atoms with Crippen LogP contribution in [0.15, 0.2) is 70.5 Å². The molecule has 4 heteroatoms. The van der Waals surface area contributed by atoms with E-state index < -0.39 is 0 Å². The van der Waals surface area contributed by atoms with E-state index in [1.54, 1.807) is 0 Å². The molecule has 0 N–H and O–H groups in total. The molecule has 1 aliphatic rings. The molecule has 1 unspecified atom stereocenters. The number of thioether (sulfide) groups is 2. The van der Waals surface area contributed by atoms with E-state index in [4.69, 9.17) is 9.47 Å². The second-order valence-corrected chi connectivity index (χ2v) is 9.30. The van der Waals surface area contributed by atoms with Crippen molar-refractivity contribution in [3.05, 3.63) is 60.7 Å². The zero-order chi connectivity index (χ0) is 17.9. The summed E-state index contributed by atoms with van der Waals surface area (Å²) in [5.74, 6) is 0. The fourth-order valence-corrected chi connectivity index (χ4v) is 5.58. The van der Waals surface area contributed by atoms with Gasteiger partial charge in [-0.15, -0.1) is 23.5 Å². The van der Waals surface area contributed by atoms with E-state index in [1.807, 2.05) is 23.5 Å². The highest BCUT2D eigenvalue weighted by Gasteiger charge is 2.15. The third-order valence-corrected chi connectivity index (χ3v) is 6.96. The summed E-state index contributed by atoms with van der Waals surface area (Å²) in [6.07, 6.45) is 6.95. The van der Waals surface area contributed by atoms with Crippen LogP contribution in [0.1, 0.15) is 38.5 Å². The zero-order valence-electron chi connectivity index (χ0n) is 15.2. The van der Waals surface area contributed by atoms with Crippen LogP contribution in [0, 0.1) is 0 Å². The van der Waals surface area contributed by atoms with Crippen LogP contribution < -0.4 is 0 Å². The van der Waals surface area contributed by atoms with Crippen LogP contribution in [-0.2, 0) is 9.47 Å². The summed E-state index contributed by atoms with van der Waals surface area (Å²) < 4.78 is 12.0. The maximum Gasteiger partial charge on any atom is 0.157 e. The van der Waals surface area contributed by atoms with E-state index in [9.17, 15) is 0 Å². The van der Waals surface area contributed by atoms with Gasteiger partial charge in [0.05, 0.1) is 4.58 Å². The minimum Gasteiger partial charge on any atom is -0.353 e. The first kappa shape index (κ1) is 19.8. The van der Waals surface area contributed by atoms with E-state index in [0.717, 1.165) is 26.1 Å². The highest BCUT2D eigenvalue weighted by molar-refractivity contribution is 8.17. The average Bonchev–Trinajstić information content (AvgIpc) is 2.70. The first-order valence-electron chi connectivity index (χ1n) is 9.57. The summed E-state index contributed by atoms with van der Waals surface area (Å²) in [7, 11) is 0. The summed E-state index contributed by atoms with van der Waals surface area (Å²) in [5.41, 5.74) is 0. The Bertz CT molecular complexity index is 559. The molecule has 0 saturated carbocycles. The molecule has 0 bridgehead atoms. The van der Waals surface area contributed by atoms with Crippen molar-refractivity contribution in [3.8, 4) is 0 Å². The van der Waals surface area contributed by atoms with Crippen molar-refractivity contribution in [1.29, 1.82) is 0 Å². The lowest BCUT2D eigenvalue weighted by molar-refractivity contribution is -0.162. The second kappa shape index (κ2) is 11.7. The minimum atomic E-state index is 0.0388. The van der Waals surface area contributed by atoms with Crippen molar-refractivity contribution in [2.24, 2.45) is 0 Å². The molecular weight excluding hydrogens is 360 g/mol. The van der Waals surface area contributed by atoms with Crippen molar-refractivity contribution >= 4 is 23.5 Å². The maximum absolute atomic E-state index is 5.87. The molecule has 140 valence electrons. The van der Waals surface area contributed by atoms with Gasteiger partial charge in [0.15, 0.2) is 6.29 Å². The van der Waals surface area contributed by atoms with Crippen molar-refractivity contribution in [2.45, 2.75) is 59.2 Å². The van der Waals surface area contributed by atoms with Gasteiger partial charge in [-0.3, -0.25) is 0 Å². The van der Waals surface area contributed by atoms with Crippen LogP contribution in [0.3, 0.4) is 0 Å². The Morgan fingerprint density at radius 2 is 1.54 bits per heavy atom. The predicted molar refractivity (Wildman–Crippen MR) is 112 cm³/mol. The van der Waals surface area contributed by atoms with Gasteiger partial charge in [0.1, 0.15) is 0 Å². The van der Waals surface area contributed by atoms with Gasteiger partial charge in [0.25, 0.3) is 0 Å². The topological polar surface area (TPSA) is 18.5 Å². The van der Waals surface area contributed by atoms with Crippen molar-refractivity contribution < 1.29 is 9.47 Å². The number of benzene rings is 2. The van der Waals surface area contributed by atoms with Crippen molar-refractivity contribution in [1.82, 2.24) is 0 Å². The standard InChI is InChI=1S/C22H28O2S2/c1-3-11-19(12-4-1)25-22(26-20-13-5-2-6-14-20)16-8-10-18-24-21-15-7-9-17-23-21/h1-6,11-14,21-22H,7-10,15-18H2. The number of rotatable bonds is 10. The van der Waals surface area contributed by atoms with Gasteiger partial charge in [-0.25, -0.2) is 0 Å². The molecule has 0 spiro atoms. The third-order valence-electron chi connectivity index (χ3n) is 4.30. The van der Waals surface area contributed by atoms with Gasteiger partial charge in [-0.05, 0) is 62.8 Å². The second-order valence-electron chi connectivity index (χ2n) is 6.45. The molecule has 0 amide bonds. The molecule has 3 rings (SSSR count). The predicted octanol–water partition coefficient (Wildman–Crippen LogP) is 6.61. The summed E-state index contributed by atoms with van der Waals surface area (Å²) in [5, 5.41) is 0. The molecule has 2 nitrogen and oxygen atoms in total. The molecule has 2 aromatic carbocycles. The summed E-state index contributed by atoms with van der Waals surface area (Å²) in [6.45, 7) is 1.66. The summed E-state index contributed by atoms with van der Waals surface area (Å²) in [6, 6.07) is 21.4. The van der Waals surface area contributed by atoms with Crippen LogP contribution in [0.4, 0.5) is 0 Å². The number of hydrogen-bond acceptors (Lipinski definition) is 4. The lowest BCUT2D eigenvalue weighted by atomic mass is 10.2. The Morgan fingerprint density at radius 3 is 2.12 bits per heavy atom. The SMILES string of the molecule is c1ccc(SC(CCCCOC2CCCCO2)Sc2ccccc2)cc1. The molecule has 0 radical (unpaired) electrons. The molecular formula is C22H28O2S2. The van der Waals surface area contributed by atoms with Gasteiger partial charge in [0.2, 0.25) is 0 Å². The molecule has 0 aliphatic carbocycles. The van der Waals surface area contributed by atoms with E-state index in [2.05, 4.69) is 60.7 Å². The van der Waals surface area contributed by atoms with E-state index in [0.29, 0.717) is 4.58 Å². The van der Waals surface area contributed by atoms with Gasteiger partial charge in [-0.2, -0.15) is 0 Å². The molecule has 2 aromatic rings. The van der Waals surface area contributed by atoms with Gasteiger partial charge < -0.3 is 9.47 Å². The average molecular weight is 389 g/mol. The highest BCUT2D eigenvalue weighted by atomic mass is 32.2. The Morgan fingerprint density at radius 1 is 0.885 bits per heavy atom. The Balaban J connectivity index is 1.43. The minimum absolute atomic E-state index is 0.0388. The first-order chi connectivity index (χ1) is 12.9. The van der Waals surface area contributed by atoms with Crippen molar-refractivity contribution in [3.63, 3.8) is 0 Å². The monoisotopic (exact) mass is 388 g/mol. The smallest absolute Gasteiger partial charge is 0.157 e. The van der Waals surface area contributed by atoms with Gasteiger partial charge in [-0.1, -0.05) is 36.4 Å². The normalized spacial score (nSPS) is 17.5. The van der Waals surface area contributed by atoms with E-state index in [-0.39, 0.29) is 6.29 Å². The van der Waals surface area contributed by atoms with E-state index in [1.165, 1.54) is 35.5 Å². The lowest BCUT2D eigenvalue weighted by Crippen LogP contribution is -2.22. The molecule has 1 heterocycles. The Kier molecular flexibility index (Phi) is 8.92. The molecule has 26 heavy (non-hydrogen) atoms. The molecule has 1 saturated heterocycles. The highest BCUT2D eigenvalue weighted by Crippen LogP contribution is 2.38. The van der Waals surface area contributed by atoms with E-state index >= 15 is 0 Å². The third kappa shape index (κ3) is 7.36. The van der Waals surface area contributed by atoms with Crippen LogP contribution in [0.5, 0.6) is 0 Å². The van der Waals surface area contributed by atoms with Crippen LogP contribution in [-0.4, -0.2) is 24.1 Å².